The number of rotatable bonds is 3. The fraction of sp³-hybridized carbons (Fsp3) is 0.211. The Bertz CT molecular complexity index is 896. The van der Waals surface area contributed by atoms with E-state index in [0.717, 1.165) is 53.1 Å². The normalized spacial score (nSPS) is 15.6. The number of aromatic nitrogens is 1. The standard InChI is InChI=1S/C19H18ClN3OS/c20-16-8-6-15(7-9-16)18-14-25-19(21-17-4-2-1-3-5-17)23(18)22-10-12-24-13-11-22/h1-9,14H,10-13H2. The quantitative estimate of drug-likeness (QED) is 0.694. The maximum atomic E-state index is 6.05. The van der Waals surface area contributed by atoms with Gasteiger partial charge in [0, 0.05) is 16.0 Å². The monoisotopic (exact) mass is 371 g/mol. The number of hydrogen-bond acceptors (Lipinski definition) is 4. The maximum absolute atomic E-state index is 6.05. The number of morpholine rings is 1. The van der Waals surface area contributed by atoms with Gasteiger partial charge in [0.15, 0.2) is 0 Å². The van der Waals surface area contributed by atoms with Gasteiger partial charge in [-0.1, -0.05) is 41.9 Å². The van der Waals surface area contributed by atoms with Gasteiger partial charge >= 0.3 is 0 Å². The Balaban J connectivity index is 1.84. The van der Waals surface area contributed by atoms with Crippen molar-refractivity contribution in [3.05, 3.63) is 69.8 Å². The highest BCUT2D eigenvalue weighted by atomic mass is 35.5. The minimum absolute atomic E-state index is 0.730. The van der Waals surface area contributed by atoms with Crippen molar-refractivity contribution < 1.29 is 4.74 Å². The molecule has 1 fully saturated rings. The van der Waals surface area contributed by atoms with Crippen molar-refractivity contribution >= 4 is 28.6 Å². The van der Waals surface area contributed by atoms with Crippen LogP contribution in [0.25, 0.3) is 11.3 Å². The Hall–Kier alpha value is -2.08. The zero-order valence-electron chi connectivity index (χ0n) is 13.6. The van der Waals surface area contributed by atoms with Crippen molar-refractivity contribution in [2.75, 3.05) is 31.3 Å². The molecular weight excluding hydrogens is 354 g/mol. The molecular formula is C19H18ClN3OS. The molecule has 2 aromatic carbocycles. The van der Waals surface area contributed by atoms with E-state index >= 15 is 0 Å². The van der Waals surface area contributed by atoms with Crippen molar-refractivity contribution in [1.82, 2.24) is 4.68 Å². The molecule has 1 aliphatic heterocycles. The number of hydrogen-bond donors (Lipinski definition) is 0. The molecule has 1 aromatic heterocycles. The fourth-order valence-electron chi connectivity index (χ4n) is 2.84. The van der Waals surface area contributed by atoms with E-state index in [0.29, 0.717) is 0 Å². The Morgan fingerprint density at radius 2 is 1.68 bits per heavy atom. The zero-order chi connectivity index (χ0) is 17.1. The van der Waals surface area contributed by atoms with Crippen LogP contribution in [0.1, 0.15) is 0 Å². The van der Waals surface area contributed by atoms with Gasteiger partial charge in [-0.25, -0.2) is 9.67 Å². The summed E-state index contributed by atoms with van der Waals surface area (Å²) >= 11 is 7.69. The number of halogens is 1. The first-order valence-corrected chi connectivity index (χ1v) is 9.46. The molecule has 4 nitrogen and oxygen atoms in total. The third-order valence-electron chi connectivity index (χ3n) is 4.08. The van der Waals surface area contributed by atoms with Crippen LogP contribution in [0.15, 0.2) is 65.0 Å². The SMILES string of the molecule is Clc1ccc(-c2csc(=Nc3ccccc3)n2N2CCOCC2)cc1. The van der Waals surface area contributed by atoms with Gasteiger partial charge in [0.1, 0.15) is 0 Å². The van der Waals surface area contributed by atoms with Crippen LogP contribution >= 0.6 is 22.9 Å². The Morgan fingerprint density at radius 1 is 0.960 bits per heavy atom. The fourth-order valence-corrected chi connectivity index (χ4v) is 3.89. The van der Waals surface area contributed by atoms with Gasteiger partial charge in [-0.15, -0.1) is 11.3 Å². The molecule has 0 atom stereocenters. The summed E-state index contributed by atoms with van der Waals surface area (Å²) in [5, 5.41) is 5.19. The smallest absolute Gasteiger partial charge is 0.209 e. The van der Waals surface area contributed by atoms with Gasteiger partial charge in [-0.05, 0) is 24.3 Å². The second-order valence-electron chi connectivity index (χ2n) is 5.74. The molecule has 0 saturated carbocycles. The third-order valence-corrected chi connectivity index (χ3v) is 5.14. The first-order valence-electron chi connectivity index (χ1n) is 8.20. The van der Waals surface area contributed by atoms with Gasteiger partial charge in [0.05, 0.1) is 37.7 Å². The third kappa shape index (κ3) is 3.63. The van der Waals surface area contributed by atoms with Gasteiger partial charge in [-0.3, -0.25) is 0 Å². The summed E-state index contributed by atoms with van der Waals surface area (Å²) < 4.78 is 7.73. The average Bonchev–Trinajstić information content (AvgIpc) is 3.07. The second-order valence-corrected chi connectivity index (χ2v) is 7.01. The van der Waals surface area contributed by atoms with Crippen LogP contribution in [-0.2, 0) is 4.74 Å². The molecule has 1 aliphatic rings. The van der Waals surface area contributed by atoms with Gasteiger partial charge in [0.25, 0.3) is 0 Å². The van der Waals surface area contributed by atoms with E-state index in [-0.39, 0.29) is 0 Å². The maximum Gasteiger partial charge on any atom is 0.209 e. The Labute approximate surface area is 155 Å². The minimum atomic E-state index is 0.730. The van der Waals surface area contributed by atoms with Crippen LogP contribution in [0.5, 0.6) is 0 Å². The van der Waals surface area contributed by atoms with Gasteiger partial charge in [-0.2, -0.15) is 0 Å². The summed E-state index contributed by atoms with van der Waals surface area (Å²) in [6.45, 7) is 3.15. The molecule has 0 aliphatic carbocycles. The molecule has 0 N–H and O–H groups in total. The number of benzene rings is 2. The Morgan fingerprint density at radius 3 is 2.40 bits per heavy atom. The van der Waals surface area contributed by atoms with Crippen LogP contribution in [0.3, 0.4) is 0 Å². The van der Waals surface area contributed by atoms with E-state index in [1.165, 1.54) is 0 Å². The first kappa shape index (κ1) is 16.4. The first-order chi connectivity index (χ1) is 12.3. The Kier molecular flexibility index (Phi) is 4.88. The van der Waals surface area contributed by atoms with E-state index in [1.807, 2.05) is 54.6 Å². The molecule has 6 heteroatoms. The molecule has 4 rings (SSSR count). The highest BCUT2D eigenvalue weighted by molar-refractivity contribution is 7.07. The van der Waals surface area contributed by atoms with E-state index in [2.05, 4.69) is 15.1 Å². The molecule has 0 amide bonds. The summed E-state index contributed by atoms with van der Waals surface area (Å²) in [7, 11) is 0. The van der Waals surface area contributed by atoms with Crippen molar-refractivity contribution in [2.45, 2.75) is 0 Å². The lowest BCUT2D eigenvalue weighted by Gasteiger charge is -2.31. The topological polar surface area (TPSA) is 29.8 Å². The molecule has 128 valence electrons. The molecule has 0 spiro atoms. The number of para-hydroxylation sites is 1. The van der Waals surface area contributed by atoms with E-state index < -0.39 is 0 Å². The highest BCUT2D eigenvalue weighted by Gasteiger charge is 2.17. The van der Waals surface area contributed by atoms with Gasteiger partial charge in [0.2, 0.25) is 4.80 Å². The number of thiazole rings is 1. The summed E-state index contributed by atoms with van der Waals surface area (Å²) in [5.41, 5.74) is 3.20. The van der Waals surface area contributed by atoms with E-state index in [4.69, 9.17) is 21.3 Å². The summed E-state index contributed by atoms with van der Waals surface area (Å²) in [6.07, 6.45) is 0. The summed E-state index contributed by atoms with van der Waals surface area (Å²) in [4.78, 5) is 5.81. The lowest BCUT2D eigenvalue weighted by Crippen LogP contribution is -2.48. The van der Waals surface area contributed by atoms with Crippen molar-refractivity contribution in [2.24, 2.45) is 4.99 Å². The predicted octanol–water partition coefficient (Wildman–Crippen LogP) is 4.07. The molecule has 0 unspecified atom stereocenters. The van der Waals surface area contributed by atoms with Crippen LogP contribution in [0.2, 0.25) is 5.02 Å². The predicted molar refractivity (Wildman–Crippen MR) is 103 cm³/mol. The largest absolute Gasteiger partial charge is 0.378 e. The molecule has 25 heavy (non-hydrogen) atoms. The van der Waals surface area contributed by atoms with Crippen LogP contribution < -0.4 is 9.81 Å². The lowest BCUT2D eigenvalue weighted by molar-refractivity contribution is 0.111. The zero-order valence-corrected chi connectivity index (χ0v) is 15.2. The molecule has 3 aromatic rings. The van der Waals surface area contributed by atoms with Crippen molar-refractivity contribution in [3.8, 4) is 11.3 Å². The van der Waals surface area contributed by atoms with Crippen LogP contribution in [0.4, 0.5) is 5.69 Å². The second kappa shape index (κ2) is 7.44. The van der Waals surface area contributed by atoms with Crippen LogP contribution in [0, 0.1) is 0 Å². The molecule has 2 heterocycles. The molecule has 0 radical (unpaired) electrons. The lowest BCUT2D eigenvalue weighted by atomic mass is 10.2. The van der Waals surface area contributed by atoms with E-state index in [1.54, 1.807) is 11.3 Å². The minimum Gasteiger partial charge on any atom is -0.378 e. The van der Waals surface area contributed by atoms with Gasteiger partial charge < -0.3 is 9.75 Å². The molecule has 1 saturated heterocycles. The van der Waals surface area contributed by atoms with Crippen molar-refractivity contribution in [3.63, 3.8) is 0 Å². The number of ether oxygens (including phenoxy) is 1. The summed E-state index contributed by atoms with van der Waals surface area (Å²) in [6, 6.07) is 18.0. The molecule has 0 bridgehead atoms. The highest BCUT2D eigenvalue weighted by Crippen LogP contribution is 2.23. The summed E-state index contributed by atoms with van der Waals surface area (Å²) in [5.74, 6) is 0. The number of nitrogens with zero attached hydrogens (tertiary/aromatic N) is 3. The average molecular weight is 372 g/mol. The van der Waals surface area contributed by atoms with Crippen molar-refractivity contribution in [1.29, 1.82) is 0 Å². The van der Waals surface area contributed by atoms with Crippen LogP contribution in [-0.4, -0.2) is 31.0 Å². The van der Waals surface area contributed by atoms with E-state index in [9.17, 15) is 0 Å².